The van der Waals surface area contributed by atoms with E-state index in [0.717, 1.165) is 0 Å². The molecule has 282 valence electrons. The number of esters is 1. The van der Waals surface area contributed by atoms with Crippen LogP contribution >= 0.6 is 7.52 Å². The fourth-order valence-corrected chi connectivity index (χ4v) is 7.46. The fraction of sp³-hybridized carbons (Fsp3) is 0.444. The summed E-state index contributed by atoms with van der Waals surface area (Å²) >= 11 is 0. The molecule has 1 aliphatic carbocycles. The van der Waals surface area contributed by atoms with Gasteiger partial charge in [-0.05, 0) is 83.0 Å². The van der Waals surface area contributed by atoms with Crippen LogP contribution in [-0.2, 0) is 35.0 Å². The van der Waals surface area contributed by atoms with Crippen LogP contribution in [0, 0.1) is 19.8 Å². The summed E-state index contributed by atoms with van der Waals surface area (Å²) in [6, 6.07) is 5.52. The van der Waals surface area contributed by atoms with E-state index in [1.807, 2.05) is 0 Å². The molecule has 0 bridgehead atoms. The topological polar surface area (TPSA) is 177 Å². The Morgan fingerprint density at radius 2 is 1.85 bits per heavy atom. The number of aromatic nitrogens is 1. The average Bonchev–Trinajstić information content (AvgIpc) is 3.54. The number of carbonyl (C=O) groups excluding carboxylic acids is 4. The summed E-state index contributed by atoms with van der Waals surface area (Å²) < 4.78 is 48.7. The third kappa shape index (κ3) is 10.2. The summed E-state index contributed by atoms with van der Waals surface area (Å²) in [7, 11) is -2.28. The Labute approximate surface area is 302 Å². The predicted octanol–water partition coefficient (Wildman–Crippen LogP) is 5.40. The number of likely N-dealkylation sites (N-methyl/N-ethyl adjacent to an activating group) is 1. The summed E-state index contributed by atoms with van der Waals surface area (Å²) in [5.41, 5.74) is 3.97. The zero-order chi connectivity index (χ0) is 38.2. The second kappa shape index (κ2) is 17.7. The van der Waals surface area contributed by atoms with E-state index >= 15 is 0 Å². The van der Waals surface area contributed by atoms with Gasteiger partial charge in [0, 0.05) is 61.7 Å². The number of hydrogen-bond donors (Lipinski definition) is 4. The van der Waals surface area contributed by atoms with Gasteiger partial charge >= 0.3 is 19.6 Å². The molecule has 4 N–H and O–H groups in total. The second-order valence-electron chi connectivity index (χ2n) is 12.8. The van der Waals surface area contributed by atoms with Crippen LogP contribution < -0.4 is 20.2 Å². The van der Waals surface area contributed by atoms with Gasteiger partial charge in [-0.15, -0.1) is 0 Å². The molecular formula is C36H47FN5O9P. The van der Waals surface area contributed by atoms with Crippen LogP contribution in [0.25, 0.3) is 6.08 Å². The van der Waals surface area contributed by atoms with Gasteiger partial charge in [-0.2, -0.15) is 0 Å². The van der Waals surface area contributed by atoms with Crippen LogP contribution in [0.3, 0.4) is 0 Å². The van der Waals surface area contributed by atoms with Gasteiger partial charge in [0.15, 0.2) is 0 Å². The highest BCUT2D eigenvalue weighted by Gasteiger charge is 2.35. The molecule has 3 amide bonds. The number of carbonyl (C=O) groups is 4. The molecule has 1 saturated heterocycles. The maximum Gasteiger partial charge on any atom is 0.410 e. The van der Waals surface area contributed by atoms with E-state index in [2.05, 4.69) is 20.7 Å². The number of nitrogens with zero attached hydrogens (tertiary/aromatic N) is 1. The lowest BCUT2D eigenvalue weighted by Crippen LogP contribution is -2.38. The van der Waals surface area contributed by atoms with E-state index in [1.54, 1.807) is 71.0 Å². The van der Waals surface area contributed by atoms with Crippen molar-refractivity contribution in [2.45, 2.75) is 66.7 Å². The van der Waals surface area contributed by atoms with Crippen molar-refractivity contribution >= 4 is 37.5 Å². The number of hydrogen-bond acceptors (Lipinski definition) is 9. The van der Waals surface area contributed by atoms with Gasteiger partial charge in [0.05, 0.1) is 11.7 Å². The molecule has 4 rings (SSSR count). The van der Waals surface area contributed by atoms with Crippen LogP contribution in [0.15, 0.2) is 53.5 Å². The van der Waals surface area contributed by atoms with Crippen molar-refractivity contribution in [3.63, 3.8) is 0 Å². The highest BCUT2D eigenvalue weighted by molar-refractivity contribution is 7.57. The lowest BCUT2D eigenvalue weighted by molar-refractivity contribution is -0.149. The number of rotatable bonds is 16. The maximum atomic E-state index is 14.0. The summed E-state index contributed by atoms with van der Waals surface area (Å²) in [5.74, 6) is -1.68. The fourth-order valence-electron chi connectivity index (χ4n) is 5.78. The maximum absolute atomic E-state index is 14.0. The molecule has 2 unspecified atom stereocenters. The quantitative estimate of drug-likeness (QED) is 0.0990. The van der Waals surface area contributed by atoms with Crippen molar-refractivity contribution in [3.8, 4) is 5.75 Å². The first kappa shape index (κ1) is 40.1. The minimum absolute atomic E-state index is 0.0485. The first-order valence-electron chi connectivity index (χ1n) is 17.0. The number of methoxy groups -OCH3 is 1. The van der Waals surface area contributed by atoms with Gasteiger partial charge in [-0.25, -0.2) is 14.3 Å². The molecule has 1 fully saturated rings. The van der Waals surface area contributed by atoms with Gasteiger partial charge in [0.25, 0.3) is 11.8 Å². The molecule has 2 heterocycles. The Morgan fingerprint density at radius 3 is 2.50 bits per heavy atom. The van der Waals surface area contributed by atoms with Crippen molar-refractivity contribution in [2.75, 3.05) is 33.1 Å². The average molecular weight is 744 g/mol. The predicted molar refractivity (Wildman–Crippen MR) is 192 cm³/mol. The lowest BCUT2D eigenvalue weighted by atomic mass is 9.91. The molecule has 0 saturated carbocycles. The third-order valence-electron chi connectivity index (χ3n) is 8.36. The van der Waals surface area contributed by atoms with Crippen molar-refractivity contribution in [1.29, 1.82) is 0 Å². The molecule has 3 atom stereocenters. The molecule has 0 radical (unpaired) electrons. The van der Waals surface area contributed by atoms with Crippen molar-refractivity contribution in [1.82, 2.24) is 25.6 Å². The van der Waals surface area contributed by atoms with Crippen LogP contribution in [0.5, 0.6) is 5.75 Å². The van der Waals surface area contributed by atoms with Crippen LogP contribution in [0.4, 0.5) is 9.18 Å². The molecule has 1 aliphatic heterocycles. The SMILES string of the molecule is CCN(CCNC(=O)c1c(C)[nH]c(/C=C2\C(=O)NC3=CC=C(F)CC32)c1C)C(=O)OCc1ccc(OP(=O)(COC)N[C@@H](C)C(=O)OC(C)C)cc1. The van der Waals surface area contributed by atoms with E-state index in [0.29, 0.717) is 45.9 Å². The number of aryl methyl sites for hydroxylation is 1. The number of H-pyrrole nitrogens is 1. The van der Waals surface area contributed by atoms with E-state index in [9.17, 15) is 28.1 Å². The number of halogens is 1. The van der Waals surface area contributed by atoms with Crippen molar-refractivity contribution < 1.29 is 46.9 Å². The zero-order valence-electron chi connectivity index (χ0n) is 30.5. The minimum Gasteiger partial charge on any atom is -0.462 e. The molecule has 14 nitrogen and oxygen atoms in total. The number of allylic oxidation sites excluding steroid dienone is 4. The van der Waals surface area contributed by atoms with E-state index in [-0.39, 0.29) is 62.0 Å². The number of nitrogens with one attached hydrogen (secondary N) is 4. The van der Waals surface area contributed by atoms with Gasteiger partial charge in [-0.3, -0.25) is 18.9 Å². The summed E-state index contributed by atoms with van der Waals surface area (Å²) in [6.45, 7) is 10.9. The lowest BCUT2D eigenvalue weighted by Gasteiger charge is -2.23. The van der Waals surface area contributed by atoms with Crippen LogP contribution in [-0.4, -0.2) is 79.0 Å². The Bertz CT molecular complexity index is 1800. The van der Waals surface area contributed by atoms with Crippen molar-refractivity contribution in [3.05, 3.63) is 81.6 Å². The summed E-state index contributed by atoms with van der Waals surface area (Å²) in [5, 5.41) is 8.32. The Hall–Kier alpha value is -4.72. The smallest absolute Gasteiger partial charge is 0.410 e. The largest absolute Gasteiger partial charge is 0.462 e. The molecule has 1 aromatic carbocycles. The number of amides is 3. The Morgan fingerprint density at radius 1 is 1.13 bits per heavy atom. The van der Waals surface area contributed by atoms with Gasteiger partial charge in [0.1, 0.15) is 30.6 Å². The molecule has 1 aromatic heterocycles. The first-order chi connectivity index (χ1) is 24.6. The Kier molecular flexibility index (Phi) is 13.6. The molecule has 16 heteroatoms. The second-order valence-corrected chi connectivity index (χ2v) is 14.8. The first-order valence-corrected chi connectivity index (χ1v) is 18.8. The number of aromatic amines is 1. The summed E-state index contributed by atoms with van der Waals surface area (Å²) in [6.07, 6.45) is 3.48. The van der Waals surface area contributed by atoms with E-state index < -0.39 is 31.5 Å². The van der Waals surface area contributed by atoms with Crippen LogP contribution in [0.1, 0.15) is 67.0 Å². The van der Waals surface area contributed by atoms with Crippen LogP contribution in [0.2, 0.25) is 0 Å². The standard InChI is InChI=1S/C36H47FN5O9P/c1-8-42(36(46)49-19-25-9-12-27(13-10-25)51-52(47,20-48-7)41-24(6)35(45)50-21(2)3)16-15-38-34(44)32-22(4)31(39-23(32)5)18-29-28-17-26(37)11-14-30(28)40-33(29)43/h9-14,18,21,24,28,39H,8,15-17,19-20H2,1-7H3,(H,38,44)(H,40,43)(H,41,47)/b29-18-/t24-,28?,52?/m0/s1. The number of benzene rings is 1. The van der Waals surface area contributed by atoms with Gasteiger partial charge in [0.2, 0.25) is 0 Å². The van der Waals surface area contributed by atoms with Gasteiger partial charge < -0.3 is 39.3 Å². The molecule has 52 heavy (non-hydrogen) atoms. The highest BCUT2D eigenvalue weighted by Crippen LogP contribution is 2.43. The zero-order valence-corrected chi connectivity index (χ0v) is 31.4. The van der Waals surface area contributed by atoms with E-state index in [4.69, 9.17) is 18.7 Å². The monoisotopic (exact) mass is 743 g/mol. The van der Waals surface area contributed by atoms with Gasteiger partial charge in [-0.1, -0.05) is 12.1 Å². The summed E-state index contributed by atoms with van der Waals surface area (Å²) in [4.78, 5) is 55.5. The molecular weight excluding hydrogens is 696 g/mol. The molecule has 0 spiro atoms. The third-order valence-corrected chi connectivity index (χ3v) is 10.2. The van der Waals surface area contributed by atoms with E-state index in [1.165, 1.54) is 25.0 Å². The molecule has 2 aliphatic rings. The Balaban J connectivity index is 1.28. The number of ether oxygens (including phenoxy) is 3. The minimum atomic E-state index is -3.64. The molecule has 2 aromatic rings. The highest BCUT2D eigenvalue weighted by atomic mass is 31.2. The number of fused-ring (bicyclic) bond motifs is 1. The normalized spacial score (nSPS) is 17.8. The van der Waals surface area contributed by atoms with Crippen molar-refractivity contribution in [2.24, 2.45) is 5.92 Å².